The molecule has 2 aromatic heterocycles. The van der Waals surface area contributed by atoms with Gasteiger partial charge in [0.15, 0.2) is 0 Å². The minimum absolute atomic E-state index is 0.847. The number of furan rings is 2. The molecule has 0 atom stereocenters. The van der Waals surface area contributed by atoms with Crippen LogP contribution in [0, 0.1) is 0 Å². The van der Waals surface area contributed by atoms with E-state index in [1.807, 2.05) is 24.3 Å². The van der Waals surface area contributed by atoms with Gasteiger partial charge in [-0.25, -0.2) is 0 Å². The minimum atomic E-state index is 0.847. The summed E-state index contributed by atoms with van der Waals surface area (Å²) in [4.78, 5) is 4.67. The molecule has 0 aliphatic carbocycles. The molecule has 0 N–H and O–H groups in total. The molecule has 64 heavy (non-hydrogen) atoms. The highest BCUT2D eigenvalue weighted by Gasteiger charge is 2.21. The van der Waals surface area contributed by atoms with Crippen LogP contribution in [0.15, 0.2) is 251 Å². The quantitative estimate of drug-likeness (QED) is 0.145. The summed E-state index contributed by atoms with van der Waals surface area (Å²) < 4.78 is 12.9. The molecule has 0 saturated heterocycles. The predicted octanol–water partition coefficient (Wildman–Crippen LogP) is 17.4. The lowest BCUT2D eigenvalue weighted by molar-refractivity contribution is 0.668. The molecular formula is C60H40N2O2. The van der Waals surface area contributed by atoms with Crippen molar-refractivity contribution >= 4 is 78.0 Å². The minimum Gasteiger partial charge on any atom is -0.456 e. The summed E-state index contributed by atoms with van der Waals surface area (Å²) in [5, 5.41) is 4.41. The smallest absolute Gasteiger partial charge is 0.137 e. The molecule has 4 heteroatoms. The van der Waals surface area contributed by atoms with E-state index < -0.39 is 0 Å². The van der Waals surface area contributed by atoms with Crippen molar-refractivity contribution in [1.82, 2.24) is 0 Å². The van der Waals surface area contributed by atoms with E-state index in [-0.39, 0.29) is 0 Å². The fourth-order valence-electron chi connectivity index (χ4n) is 9.17. The number of nitrogens with zero attached hydrogens (tertiary/aromatic N) is 2. The lowest BCUT2D eigenvalue weighted by atomic mass is 9.99. The molecule has 12 aromatic rings. The number of para-hydroxylation sites is 3. The van der Waals surface area contributed by atoms with Gasteiger partial charge in [-0.3, -0.25) is 0 Å². The summed E-state index contributed by atoms with van der Waals surface area (Å²) in [6.45, 7) is 0. The summed E-state index contributed by atoms with van der Waals surface area (Å²) in [6.07, 6.45) is 0. The van der Waals surface area contributed by atoms with Crippen LogP contribution in [-0.4, -0.2) is 0 Å². The summed E-state index contributed by atoms with van der Waals surface area (Å²) in [6, 6.07) is 85.9. The van der Waals surface area contributed by atoms with Gasteiger partial charge in [-0.15, -0.1) is 0 Å². The molecule has 0 radical (unpaired) electrons. The molecule has 0 unspecified atom stereocenters. The molecule has 2 heterocycles. The first-order chi connectivity index (χ1) is 31.7. The van der Waals surface area contributed by atoms with Gasteiger partial charge in [-0.1, -0.05) is 152 Å². The van der Waals surface area contributed by atoms with Crippen LogP contribution >= 0.6 is 0 Å². The fourth-order valence-corrected chi connectivity index (χ4v) is 9.17. The molecular weight excluding hydrogens is 781 g/mol. The average molecular weight is 821 g/mol. The number of hydrogen-bond acceptors (Lipinski definition) is 4. The molecule has 12 rings (SSSR count). The Morgan fingerprint density at radius 1 is 0.234 bits per heavy atom. The largest absolute Gasteiger partial charge is 0.456 e. The first kappa shape index (κ1) is 37.2. The number of anilines is 6. The molecule has 0 aliphatic heterocycles. The zero-order valence-electron chi connectivity index (χ0n) is 34.8. The maximum absolute atomic E-state index is 6.47. The third kappa shape index (κ3) is 6.66. The van der Waals surface area contributed by atoms with Crippen molar-refractivity contribution in [2.45, 2.75) is 0 Å². The van der Waals surface area contributed by atoms with Crippen LogP contribution in [0.3, 0.4) is 0 Å². The standard InChI is InChI=1S/C60H40N2O2/c1-3-14-41(15-4-1)43-26-30-46(31-27-43)61(49-34-36-54-52-21-8-11-24-57(52)63-59(54)39-49)48-19-13-18-45(38-48)51-20-7-10-23-56(51)62(47-32-28-44(29-33-47)42-16-5-2-6-17-42)50-35-37-55-53-22-9-12-25-58(53)64-60(55)40-50/h1-40H. The topological polar surface area (TPSA) is 32.8 Å². The van der Waals surface area contributed by atoms with Crippen LogP contribution in [0.5, 0.6) is 0 Å². The van der Waals surface area contributed by atoms with Gasteiger partial charge in [0, 0.05) is 67.7 Å². The molecule has 0 fully saturated rings. The van der Waals surface area contributed by atoms with Crippen molar-refractivity contribution in [2.75, 3.05) is 9.80 Å². The van der Waals surface area contributed by atoms with Crippen LogP contribution < -0.4 is 9.80 Å². The highest BCUT2D eigenvalue weighted by molar-refractivity contribution is 6.07. The Morgan fingerprint density at radius 3 is 1.22 bits per heavy atom. The van der Waals surface area contributed by atoms with E-state index in [4.69, 9.17) is 8.83 Å². The normalized spacial score (nSPS) is 11.4. The third-order valence-corrected chi connectivity index (χ3v) is 12.3. The van der Waals surface area contributed by atoms with Crippen LogP contribution in [0.2, 0.25) is 0 Å². The number of rotatable bonds is 9. The van der Waals surface area contributed by atoms with Crippen LogP contribution in [0.1, 0.15) is 0 Å². The van der Waals surface area contributed by atoms with E-state index >= 15 is 0 Å². The van der Waals surface area contributed by atoms with Gasteiger partial charge in [-0.05, 0) is 107 Å². The third-order valence-electron chi connectivity index (χ3n) is 12.3. The lowest BCUT2D eigenvalue weighted by Gasteiger charge is -2.29. The predicted molar refractivity (Wildman–Crippen MR) is 267 cm³/mol. The molecule has 10 aromatic carbocycles. The lowest BCUT2D eigenvalue weighted by Crippen LogP contribution is -2.12. The second kappa shape index (κ2) is 15.7. The number of fused-ring (bicyclic) bond motifs is 6. The summed E-state index contributed by atoms with van der Waals surface area (Å²) in [7, 11) is 0. The van der Waals surface area contributed by atoms with E-state index in [1.54, 1.807) is 0 Å². The van der Waals surface area contributed by atoms with Crippen molar-refractivity contribution in [3.8, 4) is 33.4 Å². The first-order valence-corrected chi connectivity index (χ1v) is 21.7. The van der Waals surface area contributed by atoms with E-state index in [1.165, 1.54) is 11.1 Å². The van der Waals surface area contributed by atoms with Crippen LogP contribution in [-0.2, 0) is 0 Å². The number of hydrogen-bond donors (Lipinski definition) is 0. The highest BCUT2D eigenvalue weighted by atomic mass is 16.3. The average Bonchev–Trinajstić information content (AvgIpc) is 3.93. The highest BCUT2D eigenvalue weighted by Crippen LogP contribution is 2.45. The van der Waals surface area contributed by atoms with Gasteiger partial charge in [0.1, 0.15) is 22.3 Å². The van der Waals surface area contributed by atoms with Gasteiger partial charge < -0.3 is 18.6 Å². The monoisotopic (exact) mass is 820 g/mol. The molecule has 0 spiro atoms. The van der Waals surface area contributed by atoms with Crippen LogP contribution in [0.4, 0.5) is 34.1 Å². The first-order valence-electron chi connectivity index (χ1n) is 21.7. The van der Waals surface area contributed by atoms with E-state index in [0.717, 1.165) is 100 Å². The molecule has 0 aliphatic rings. The Labute approximate surface area is 371 Å². The summed E-state index contributed by atoms with van der Waals surface area (Å²) in [5.74, 6) is 0. The maximum atomic E-state index is 6.47. The van der Waals surface area contributed by atoms with Crippen molar-refractivity contribution in [3.63, 3.8) is 0 Å². The van der Waals surface area contributed by atoms with E-state index in [2.05, 4.69) is 228 Å². The van der Waals surface area contributed by atoms with E-state index in [9.17, 15) is 0 Å². The SMILES string of the molecule is c1ccc(-c2ccc(N(c3cccc(-c4ccccc4N(c4ccc(-c5ccccc5)cc4)c4ccc5c(c4)oc4ccccc45)c3)c3ccc4c(c3)oc3ccccc34)cc2)cc1. The Balaban J connectivity index is 1.00. The Bertz CT molecular complexity index is 3610. The Morgan fingerprint density at radius 2 is 0.641 bits per heavy atom. The second-order valence-electron chi connectivity index (χ2n) is 16.1. The Hall–Kier alpha value is -8.60. The maximum Gasteiger partial charge on any atom is 0.137 e. The number of benzene rings is 10. The molecule has 0 bridgehead atoms. The molecule has 0 amide bonds. The zero-order chi connectivity index (χ0) is 42.4. The van der Waals surface area contributed by atoms with Gasteiger partial charge in [0.25, 0.3) is 0 Å². The van der Waals surface area contributed by atoms with Gasteiger partial charge in [0.05, 0.1) is 5.69 Å². The van der Waals surface area contributed by atoms with E-state index in [0.29, 0.717) is 0 Å². The van der Waals surface area contributed by atoms with Gasteiger partial charge in [0.2, 0.25) is 0 Å². The van der Waals surface area contributed by atoms with Crippen molar-refractivity contribution in [3.05, 3.63) is 243 Å². The van der Waals surface area contributed by atoms with Crippen molar-refractivity contribution in [2.24, 2.45) is 0 Å². The van der Waals surface area contributed by atoms with Gasteiger partial charge in [-0.2, -0.15) is 0 Å². The van der Waals surface area contributed by atoms with Crippen LogP contribution in [0.25, 0.3) is 77.3 Å². The van der Waals surface area contributed by atoms with Gasteiger partial charge >= 0.3 is 0 Å². The fraction of sp³-hybridized carbons (Fsp3) is 0. The molecule has 0 saturated carbocycles. The van der Waals surface area contributed by atoms with Crippen molar-refractivity contribution in [1.29, 1.82) is 0 Å². The molecule has 302 valence electrons. The summed E-state index contributed by atoms with van der Waals surface area (Å²) >= 11 is 0. The summed E-state index contributed by atoms with van der Waals surface area (Å²) in [5.41, 5.74) is 16.5. The zero-order valence-corrected chi connectivity index (χ0v) is 34.8. The second-order valence-corrected chi connectivity index (χ2v) is 16.1. The van der Waals surface area contributed by atoms with Crippen molar-refractivity contribution < 1.29 is 8.83 Å². The Kier molecular flexibility index (Phi) is 9.12. The molecule has 4 nitrogen and oxygen atoms in total.